The van der Waals surface area contributed by atoms with Crippen LogP contribution in [0.2, 0.25) is 0 Å². The van der Waals surface area contributed by atoms with Gasteiger partial charge in [-0.2, -0.15) is 0 Å². The number of rotatable bonds is 2. The van der Waals surface area contributed by atoms with Crippen LogP contribution in [0.4, 0.5) is 0 Å². The number of nitrogens with zero attached hydrogens (tertiary/aromatic N) is 2. The standard InChI is InChI=1S/C22H22N2O2/c1-21(2)18-12-13-24(16-10-7-11-16)20(26)22(18,14-17(23-3)19(21)25)15-8-5-4-6-9-15/h4-6,8-9,12,14,16H,7,10-11,13H2,1-2H3/t22-/m1/s1. The largest absolute Gasteiger partial charge is 0.335 e. The molecule has 4 nitrogen and oxygen atoms in total. The Morgan fingerprint density at radius 1 is 1.15 bits per heavy atom. The van der Waals surface area contributed by atoms with Crippen molar-refractivity contribution in [3.63, 3.8) is 0 Å². The molecular formula is C22H22N2O2. The summed E-state index contributed by atoms with van der Waals surface area (Å²) in [6.07, 6.45) is 6.89. The second kappa shape index (κ2) is 5.67. The van der Waals surface area contributed by atoms with Crippen LogP contribution < -0.4 is 0 Å². The second-order valence-electron chi connectivity index (χ2n) is 7.93. The molecule has 0 spiro atoms. The lowest BCUT2D eigenvalue weighted by Gasteiger charge is -2.51. The normalized spacial score (nSPS) is 27.8. The minimum Gasteiger partial charge on any atom is -0.335 e. The van der Waals surface area contributed by atoms with Crippen molar-refractivity contribution in [2.45, 2.75) is 44.6 Å². The Kier molecular flexibility index (Phi) is 3.66. The fraction of sp³-hybridized carbons (Fsp3) is 0.409. The Hall–Kier alpha value is -2.67. The van der Waals surface area contributed by atoms with Crippen LogP contribution in [0.5, 0.6) is 0 Å². The molecule has 1 heterocycles. The van der Waals surface area contributed by atoms with Gasteiger partial charge in [-0.05, 0) is 30.4 Å². The van der Waals surface area contributed by atoms with Gasteiger partial charge in [0.1, 0.15) is 5.41 Å². The van der Waals surface area contributed by atoms with E-state index in [2.05, 4.69) is 10.9 Å². The van der Waals surface area contributed by atoms with Gasteiger partial charge in [0.05, 0.1) is 6.57 Å². The van der Waals surface area contributed by atoms with E-state index < -0.39 is 10.8 Å². The lowest BCUT2D eigenvalue weighted by molar-refractivity contribution is -0.140. The van der Waals surface area contributed by atoms with Crippen LogP contribution >= 0.6 is 0 Å². The highest BCUT2D eigenvalue weighted by Crippen LogP contribution is 2.52. The molecule has 1 saturated carbocycles. The van der Waals surface area contributed by atoms with E-state index in [0.717, 1.165) is 30.4 Å². The maximum Gasteiger partial charge on any atom is 0.240 e. The molecule has 0 unspecified atom stereocenters. The third kappa shape index (κ3) is 2.07. The first-order valence-corrected chi connectivity index (χ1v) is 9.15. The minimum absolute atomic E-state index is 0.00706. The predicted molar refractivity (Wildman–Crippen MR) is 99.0 cm³/mol. The van der Waals surface area contributed by atoms with Gasteiger partial charge in [0.2, 0.25) is 11.6 Å². The van der Waals surface area contributed by atoms with E-state index in [1.165, 1.54) is 0 Å². The monoisotopic (exact) mass is 346 g/mol. The molecule has 1 aromatic rings. The Morgan fingerprint density at radius 2 is 1.85 bits per heavy atom. The quantitative estimate of drug-likeness (QED) is 0.606. The van der Waals surface area contributed by atoms with Gasteiger partial charge in [0.25, 0.3) is 0 Å². The molecule has 1 atom stereocenters. The summed E-state index contributed by atoms with van der Waals surface area (Å²) in [5.41, 5.74) is -0.200. The topological polar surface area (TPSA) is 41.7 Å². The molecule has 4 heteroatoms. The Labute approximate surface area is 154 Å². The summed E-state index contributed by atoms with van der Waals surface area (Å²) < 4.78 is 0. The van der Waals surface area contributed by atoms with Gasteiger partial charge in [-0.15, -0.1) is 0 Å². The first-order chi connectivity index (χ1) is 12.4. The number of fused-ring (bicyclic) bond motifs is 1. The number of hydrogen-bond donors (Lipinski definition) is 0. The fourth-order valence-electron chi connectivity index (χ4n) is 4.54. The van der Waals surface area contributed by atoms with Crippen LogP contribution in [0.1, 0.15) is 38.7 Å². The van der Waals surface area contributed by atoms with Crippen molar-refractivity contribution in [3.05, 3.63) is 70.7 Å². The maximum absolute atomic E-state index is 13.8. The smallest absolute Gasteiger partial charge is 0.240 e. The minimum atomic E-state index is -1.05. The van der Waals surface area contributed by atoms with E-state index in [4.69, 9.17) is 6.57 Å². The summed E-state index contributed by atoms with van der Waals surface area (Å²) in [7, 11) is 0. The van der Waals surface area contributed by atoms with E-state index >= 15 is 0 Å². The molecular weight excluding hydrogens is 324 g/mol. The average Bonchev–Trinajstić information content (AvgIpc) is 2.60. The number of carbonyl (C=O) groups is 2. The van der Waals surface area contributed by atoms with Crippen molar-refractivity contribution in [3.8, 4) is 0 Å². The van der Waals surface area contributed by atoms with Crippen molar-refractivity contribution in [2.75, 3.05) is 6.54 Å². The van der Waals surface area contributed by atoms with Crippen LogP contribution in [0.25, 0.3) is 4.85 Å². The Balaban J connectivity index is 2.00. The number of Topliss-reactive ketones (excluding diaryl/α,β-unsaturated/α-hetero) is 1. The third-order valence-corrected chi connectivity index (χ3v) is 6.21. The van der Waals surface area contributed by atoms with Gasteiger partial charge >= 0.3 is 0 Å². The molecule has 1 aromatic carbocycles. The van der Waals surface area contributed by atoms with Crippen molar-refractivity contribution >= 4 is 11.7 Å². The number of benzene rings is 1. The lowest BCUT2D eigenvalue weighted by Crippen LogP contribution is -2.59. The zero-order valence-electron chi connectivity index (χ0n) is 15.2. The molecule has 26 heavy (non-hydrogen) atoms. The molecule has 3 aliphatic rings. The number of amides is 1. The fourth-order valence-corrected chi connectivity index (χ4v) is 4.54. The van der Waals surface area contributed by atoms with E-state index in [1.807, 2.05) is 49.1 Å². The number of allylic oxidation sites excluding steroid dienone is 1. The molecule has 1 aliphatic heterocycles. The molecule has 0 radical (unpaired) electrons. The number of hydrogen-bond acceptors (Lipinski definition) is 2. The molecule has 0 saturated heterocycles. The van der Waals surface area contributed by atoms with Gasteiger partial charge in [0, 0.05) is 18.0 Å². The van der Waals surface area contributed by atoms with Crippen molar-refractivity contribution in [1.29, 1.82) is 0 Å². The molecule has 0 bridgehead atoms. The Bertz CT molecular complexity index is 884. The zero-order chi connectivity index (χ0) is 18.5. The van der Waals surface area contributed by atoms with Crippen LogP contribution in [0.15, 0.2) is 53.8 Å². The lowest BCUT2D eigenvalue weighted by atomic mass is 9.57. The Morgan fingerprint density at radius 3 is 2.42 bits per heavy atom. The number of ketones is 1. The van der Waals surface area contributed by atoms with E-state index in [-0.39, 0.29) is 23.4 Å². The van der Waals surface area contributed by atoms with Crippen LogP contribution in [0, 0.1) is 12.0 Å². The van der Waals surface area contributed by atoms with Crippen molar-refractivity contribution in [1.82, 2.24) is 4.90 Å². The number of carbonyl (C=O) groups excluding carboxylic acids is 2. The summed E-state index contributed by atoms with van der Waals surface area (Å²) in [5, 5.41) is 0. The van der Waals surface area contributed by atoms with Gasteiger partial charge in [-0.25, -0.2) is 4.85 Å². The van der Waals surface area contributed by atoms with Crippen LogP contribution in [-0.2, 0) is 15.0 Å². The van der Waals surface area contributed by atoms with Crippen molar-refractivity contribution < 1.29 is 9.59 Å². The molecule has 1 amide bonds. The summed E-state index contributed by atoms with van der Waals surface area (Å²) in [4.78, 5) is 32.1. The van der Waals surface area contributed by atoms with E-state index in [0.29, 0.717) is 6.54 Å². The SMILES string of the molecule is [C-]#[N+]C1=C[C@]2(c3ccccc3)C(=O)N(C3CCC3)CC=C2C(C)(C)C1=O. The maximum atomic E-state index is 13.8. The van der Waals surface area contributed by atoms with E-state index in [9.17, 15) is 9.59 Å². The highest BCUT2D eigenvalue weighted by Gasteiger charge is 2.57. The highest BCUT2D eigenvalue weighted by atomic mass is 16.2. The van der Waals surface area contributed by atoms with Crippen LogP contribution in [-0.4, -0.2) is 29.2 Å². The summed E-state index contributed by atoms with van der Waals surface area (Å²) in [6, 6.07) is 9.86. The third-order valence-electron chi connectivity index (χ3n) is 6.21. The van der Waals surface area contributed by atoms with Gasteiger partial charge in [-0.3, -0.25) is 4.79 Å². The summed E-state index contributed by atoms with van der Waals surface area (Å²) >= 11 is 0. The second-order valence-corrected chi connectivity index (χ2v) is 7.93. The molecule has 1 fully saturated rings. The molecule has 132 valence electrons. The van der Waals surface area contributed by atoms with Gasteiger partial charge in [-0.1, -0.05) is 56.3 Å². The van der Waals surface area contributed by atoms with Crippen LogP contribution in [0.3, 0.4) is 0 Å². The zero-order valence-corrected chi connectivity index (χ0v) is 15.2. The summed E-state index contributed by atoms with van der Waals surface area (Å²) in [6.45, 7) is 11.7. The molecule has 2 aliphatic carbocycles. The van der Waals surface area contributed by atoms with E-state index in [1.54, 1.807) is 6.08 Å². The first-order valence-electron chi connectivity index (χ1n) is 9.15. The first kappa shape index (κ1) is 16.8. The predicted octanol–water partition coefficient (Wildman–Crippen LogP) is 3.66. The molecule has 0 aromatic heterocycles. The van der Waals surface area contributed by atoms with Crippen molar-refractivity contribution in [2.24, 2.45) is 5.41 Å². The summed E-state index contributed by atoms with van der Waals surface area (Å²) in [5.74, 6) is -0.192. The highest BCUT2D eigenvalue weighted by molar-refractivity contribution is 6.10. The molecule has 0 N–H and O–H groups in total. The molecule has 4 rings (SSSR count). The van der Waals surface area contributed by atoms with Gasteiger partial charge < -0.3 is 9.69 Å². The van der Waals surface area contributed by atoms with Gasteiger partial charge in [0.15, 0.2) is 5.78 Å². The average molecular weight is 346 g/mol.